The molecule has 15 nitrogen and oxygen atoms in total. The van der Waals surface area contributed by atoms with Crippen LogP contribution in [0.25, 0.3) is 0 Å². The van der Waals surface area contributed by atoms with Crippen molar-refractivity contribution in [3.05, 3.63) is 0 Å². The van der Waals surface area contributed by atoms with E-state index in [0.29, 0.717) is 88.1 Å². The Morgan fingerprint density at radius 3 is 1.28 bits per heavy atom. The van der Waals surface area contributed by atoms with E-state index in [0.717, 1.165) is 0 Å². The van der Waals surface area contributed by atoms with Gasteiger partial charge in [-0.05, 0) is 101 Å². The van der Waals surface area contributed by atoms with Gasteiger partial charge in [0.15, 0.2) is 0 Å². The summed E-state index contributed by atoms with van der Waals surface area (Å²) in [5.74, 6) is -0.685. The van der Waals surface area contributed by atoms with Gasteiger partial charge in [0.2, 0.25) is 41.4 Å². The molecule has 0 bridgehead atoms. The Kier molecular flexibility index (Phi) is 30.4. The minimum atomic E-state index is -0.975. The van der Waals surface area contributed by atoms with Crippen LogP contribution in [-0.2, 0) is 33.6 Å². The SMILES string of the molecule is CC(C)(CCO)NC(=O)C(CCCCNC(=O)C(CCCCNC(=O)CCS)NC(=O)CCS)NC(=O)C(CCCCNC(=O)CCS)NC(=O)CCS. The van der Waals surface area contributed by atoms with Crippen LogP contribution in [0.5, 0.6) is 0 Å². The quantitative estimate of drug-likeness (QED) is 0.0343. The smallest absolute Gasteiger partial charge is 0.243 e. The number of hydrogen-bond acceptors (Lipinski definition) is 12. The van der Waals surface area contributed by atoms with Crippen molar-refractivity contribution >= 4 is 91.9 Å². The third-order valence-electron chi connectivity index (χ3n) is 8.19. The topological polar surface area (TPSA) is 224 Å². The lowest BCUT2D eigenvalue weighted by molar-refractivity contribution is -0.133. The fraction of sp³-hybridized carbons (Fsp3) is 0.800. The minimum absolute atomic E-state index is 0.0932. The Balaban J connectivity index is 5.49. The van der Waals surface area contributed by atoms with E-state index in [1.807, 2.05) is 0 Å². The highest BCUT2D eigenvalue weighted by molar-refractivity contribution is 7.80. The zero-order valence-corrected chi connectivity index (χ0v) is 35.5. The van der Waals surface area contributed by atoms with Crippen molar-refractivity contribution in [1.82, 2.24) is 37.2 Å². The lowest BCUT2D eigenvalue weighted by Crippen LogP contribution is -2.56. The molecule has 0 saturated heterocycles. The van der Waals surface area contributed by atoms with E-state index in [2.05, 4.69) is 87.7 Å². The van der Waals surface area contributed by atoms with E-state index in [1.165, 1.54) is 0 Å². The van der Waals surface area contributed by atoms with Crippen LogP contribution in [0, 0.1) is 0 Å². The average molecular weight is 840 g/mol. The predicted molar refractivity (Wildman–Crippen MR) is 224 cm³/mol. The van der Waals surface area contributed by atoms with Gasteiger partial charge in [0.05, 0.1) is 0 Å². The van der Waals surface area contributed by atoms with E-state index < -0.39 is 35.5 Å². The summed E-state index contributed by atoms with van der Waals surface area (Å²) in [6, 6.07) is -2.67. The van der Waals surface area contributed by atoms with Gasteiger partial charge in [-0.25, -0.2) is 0 Å². The minimum Gasteiger partial charge on any atom is -0.396 e. The highest BCUT2D eigenvalue weighted by Crippen LogP contribution is 2.11. The molecule has 0 aromatic heterocycles. The molecule has 0 fully saturated rings. The monoisotopic (exact) mass is 839 g/mol. The second kappa shape index (κ2) is 31.8. The second-order valence-corrected chi connectivity index (χ2v) is 15.3. The summed E-state index contributed by atoms with van der Waals surface area (Å²) in [7, 11) is 0. The molecule has 3 unspecified atom stereocenters. The first-order chi connectivity index (χ1) is 25.7. The molecule has 0 aliphatic heterocycles. The van der Waals surface area contributed by atoms with Crippen LogP contribution >= 0.6 is 50.5 Å². The molecule has 0 heterocycles. The van der Waals surface area contributed by atoms with Gasteiger partial charge >= 0.3 is 0 Å². The van der Waals surface area contributed by atoms with Crippen molar-refractivity contribution < 1.29 is 38.7 Å². The first-order valence-corrected chi connectivity index (χ1v) is 21.3. The average Bonchev–Trinajstić information content (AvgIpc) is 3.09. The molecule has 8 N–H and O–H groups in total. The van der Waals surface area contributed by atoms with Gasteiger partial charge in [-0.1, -0.05) is 0 Å². The summed E-state index contributed by atoms with van der Waals surface area (Å²) >= 11 is 16.3. The zero-order valence-electron chi connectivity index (χ0n) is 31.9. The Morgan fingerprint density at radius 1 is 0.500 bits per heavy atom. The first kappa shape index (κ1) is 51.6. The standard InChI is InChI=1S/C35H65N7O8S4/c1-35(2,16-20-43)42-34(50)27(41-33(49)26(40-31(47)15-24-54)10-4-7-18-37-29(45)13-22-52)11-5-8-19-38-32(48)25(39-30(46)14-23-53)9-3-6-17-36-28(44)12-21-51/h25-27,43,51-54H,3-24H2,1-2H3,(H,36,44)(H,37,45)(H,38,48)(H,39,46)(H,40,47)(H,41,49)(H,42,50). The molecule has 54 heavy (non-hydrogen) atoms. The van der Waals surface area contributed by atoms with Crippen molar-refractivity contribution in [3.8, 4) is 0 Å². The highest BCUT2D eigenvalue weighted by atomic mass is 32.1. The number of nitrogens with one attached hydrogen (secondary N) is 7. The van der Waals surface area contributed by atoms with E-state index in [9.17, 15) is 38.7 Å². The van der Waals surface area contributed by atoms with Crippen LogP contribution in [-0.4, -0.2) is 119 Å². The molecule has 0 aliphatic rings. The number of carbonyl (C=O) groups excluding carboxylic acids is 7. The van der Waals surface area contributed by atoms with E-state index in [-0.39, 0.29) is 80.5 Å². The molecular formula is C35H65N7O8S4. The van der Waals surface area contributed by atoms with Crippen molar-refractivity contribution in [2.75, 3.05) is 49.3 Å². The molecule has 19 heteroatoms. The third-order valence-corrected chi connectivity index (χ3v) is 9.09. The van der Waals surface area contributed by atoms with Crippen LogP contribution in [0.15, 0.2) is 0 Å². The van der Waals surface area contributed by atoms with E-state index in [4.69, 9.17) is 0 Å². The number of rotatable bonds is 32. The lowest BCUT2D eigenvalue weighted by atomic mass is 9.99. The number of unbranched alkanes of at least 4 members (excludes halogenated alkanes) is 3. The first-order valence-electron chi connectivity index (χ1n) is 18.8. The second-order valence-electron chi connectivity index (χ2n) is 13.5. The Bertz CT molecular complexity index is 1150. The molecule has 0 rings (SSSR count). The number of carbonyl (C=O) groups is 7. The maximum absolute atomic E-state index is 13.6. The fourth-order valence-electron chi connectivity index (χ4n) is 5.17. The van der Waals surface area contributed by atoms with Crippen LogP contribution in [0.4, 0.5) is 0 Å². The number of amides is 7. The van der Waals surface area contributed by atoms with Crippen LogP contribution in [0.1, 0.15) is 104 Å². The Hall–Kier alpha value is -2.35. The molecule has 0 spiro atoms. The van der Waals surface area contributed by atoms with Gasteiger partial charge in [0.1, 0.15) is 18.1 Å². The lowest BCUT2D eigenvalue weighted by Gasteiger charge is -2.29. The molecule has 0 aliphatic carbocycles. The van der Waals surface area contributed by atoms with Gasteiger partial charge in [-0.2, -0.15) is 50.5 Å². The van der Waals surface area contributed by atoms with Crippen LogP contribution < -0.4 is 37.2 Å². The van der Waals surface area contributed by atoms with Crippen molar-refractivity contribution in [3.63, 3.8) is 0 Å². The van der Waals surface area contributed by atoms with Gasteiger partial charge in [-0.15, -0.1) is 0 Å². The number of thiol groups is 4. The molecule has 0 saturated carbocycles. The summed E-state index contributed by atoms with van der Waals surface area (Å²) in [4.78, 5) is 88.3. The highest BCUT2D eigenvalue weighted by Gasteiger charge is 2.29. The molecule has 0 aromatic rings. The maximum Gasteiger partial charge on any atom is 0.243 e. The van der Waals surface area contributed by atoms with Crippen molar-refractivity contribution in [2.45, 2.75) is 127 Å². The summed E-state index contributed by atoms with van der Waals surface area (Å²) in [6.07, 6.45) is 5.25. The van der Waals surface area contributed by atoms with Crippen molar-refractivity contribution in [2.24, 2.45) is 0 Å². The van der Waals surface area contributed by atoms with Gasteiger partial charge in [-0.3, -0.25) is 33.6 Å². The zero-order chi connectivity index (χ0) is 40.8. The molecule has 0 aromatic carbocycles. The predicted octanol–water partition coefficient (Wildman–Crippen LogP) is 0.857. The number of hydrogen-bond donors (Lipinski definition) is 12. The van der Waals surface area contributed by atoms with Gasteiger partial charge in [0.25, 0.3) is 0 Å². The molecule has 3 atom stereocenters. The summed E-state index contributed by atoms with van der Waals surface area (Å²) < 4.78 is 0. The molecule has 312 valence electrons. The van der Waals surface area contributed by atoms with Crippen molar-refractivity contribution in [1.29, 1.82) is 0 Å². The summed E-state index contributed by atoms with van der Waals surface area (Å²) in [5.41, 5.74) is -0.759. The van der Waals surface area contributed by atoms with Gasteiger partial charge in [0, 0.05) is 57.5 Å². The van der Waals surface area contributed by atoms with Gasteiger partial charge < -0.3 is 42.3 Å². The summed E-state index contributed by atoms with van der Waals surface area (Å²) in [6.45, 7) is 4.48. The number of aliphatic hydroxyl groups is 1. The normalized spacial score (nSPS) is 12.8. The third kappa shape index (κ3) is 26.5. The maximum atomic E-state index is 13.6. The Morgan fingerprint density at radius 2 is 0.870 bits per heavy atom. The largest absolute Gasteiger partial charge is 0.396 e. The summed E-state index contributed by atoms with van der Waals surface area (Å²) in [5, 5.41) is 29.1. The fourth-order valence-corrected chi connectivity index (χ4v) is 5.98. The van der Waals surface area contributed by atoms with E-state index >= 15 is 0 Å². The molecule has 0 radical (unpaired) electrons. The number of aliphatic hydroxyl groups excluding tert-OH is 1. The van der Waals surface area contributed by atoms with Crippen LogP contribution in [0.3, 0.4) is 0 Å². The van der Waals surface area contributed by atoms with Crippen LogP contribution in [0.2, 0.25) is 0 Å². The molecular weight excluding hydrogens is 775 g/mol. The molecule has 7 amide bonds. The Labute approximate surface area is 343 Å². The van der Waals surface area contributed by atoms with E-state index in [1.54, 1.807) is 13.8 Å².